The van der Waals surface area contributed by atoms with E-state index in [9.17, 15) is 5.11 Å². The Kier molecular flexibility index (Phi) is 3.24. The Hall–Kier alpha value is -0.250. The lowest BCUT2D eigenvalue weighted by Crippen LogP contribution is -2.26. The van der Waals surface area contributed by atoms with E-state index in [4.69, 9.17) is 17.3 Å². The highest BCUT2D eigenvalue weighted by Crippen LogP contribution is 2.42. The van der Waals surface area contributed by atoms with Crippen LogP contribution in [0, 0.1) is 5.92 Å². The van der Waals surface area contributed by atoms with Gasteiger partial charge < -0.3 is 10.8 Å². The van der Waals surface area contributed by atoms with E-state index in [1.54, 1.807) is 12.1 Å². The van der Waals surface area contributed by atoms with E-state index in [1.165, 1.54) is 6.42 Å². The van der Waals surface area contributed by atoms with Crippen LogP contribution in [0.5, 0.6) is 5.75 Å². The van der Waals surface area contributed by atoms with Gasteiger partial charge in [0.05, 0.1) is 4.47 Å². The van der Waals surface area contributed by atoms with Gasteiger partial charge in [-0.3, -0.25) is 0 Å². The van der Waals surface area contributed by atoms with Crippen molar-refractivity contribution in [3.05, 3.63) is 27.2 Å². The van der Waals surface area contributed by atoms with Gasteiger partial charge in [0.15, 0.2) is 0 Å². The lowest BCUT2D eigenvalue weighted by molar-refractivity contribution is 0.260. The van der Waals surface area contributed by atoms with Crippen LogP contribution in [0.3, 0.4) is 0 Å². The van der Waals surface area contributed by atoms with Crippen LogP contribution in [-0.4, -0.2) is 5.11 Å². The van der Waals surface area contributed by atoms with E-state index in [0.717, 1.165) is 18.4 Å². The first-order valence-electron chi connectivity index (χ1n) is 5.03. The number of rotatable bonds is 2. The second-order valence-electron chi connectivity index (χ2n) is 4.04. The molecule has 0 amide bonds. The van der Waals surface area contributed by atoms with Gasteiger partial charge in [-0.25, -0.2) is 0 Å². The third-order valence-electron chi connectivity index (χ3n) is 3.07. The maximum Gasteiger partial charge on any atom is 0.134 e. The van der Waals surface area contributed by atoms with Crippen molar-refractivity contribution in [3.63, 3.8) is 0 Å². The molecule has 3 N–H and O–H groups in total. The minimum Gasteiger partial charge on any atom is -0.506 e. The summed E-state index contributed by atoms with van der Waals surface area (Å²) in [7, 11) is 0. The molecule has 0 aromatic heterocycles. The fourth-order valence-electron chi connectivity index (χ4n) is 1.89. The maximum atomic E-state index is 9.88. The first kappa shape index (κ1) is 11.2. The molecule has 1 aromatic rings. The van der Waals surface area contributed by atoms with Gasteiger partial charge >= 0.3 is 0 Å². The Morgan fingerprint density at radius 3 is 2.67 bits per heavy atom. The van der Waals surface area contributed by atoms with Gasteiger partial charge in [-0.05, 0) is 46.8 Å². The number of phenols is 1. The van der Waals surface area contributed by atoms with Crippen LogP contribution in [0.25, 0.3) is 0 Å². The molecule has 0 aliphatic heterocycles. The number of hydrogen-bond acceptors (Lipinski definition) is 2. The van der Waals surface area contributed by atoms with E-state index >= 15 is 0 Å². The van der Waals surface area contributed by atoms with Gasteiger partial charge in [0.1, 0.15) is 5.75 Å². The average molecular weight is 291 g/mol. The lowest BCUT2D eigenvalue weighted by Gasteiger charge is -2.32. The normalized spacial score (nSPS) is 18.6. The fourth-order valence-corrected chi connectivity index (χ4v) is 2.73. The summed E-state index contributed by atoms with van der Waals surface area (Å²) < 4.78 is 0.611. The van der Waals surface area contributed by atoms with Crippen molar-refractivity contribution in [3.8, 4) is 5.75 Å². The van der Waals surface area contributed by atoms with Crippen LogP contribution in [0.4, 0.5) is 0 Å². The highest BCUT2D eigenvalue weighted by atomic mass is 79.9. The molecule has 1 aliphatic rings. The van der Waals surface area contributed by atoms with Gasteiger partial charge in [0, 0.05) is 16.6 Å². The molecule has 2 nitrogen and oxygen atoms in total. The molecule has 4 heteroatoms. The zero-order chi connectivity index (χ0) is 11.0. The molecule has 2 rings (SSSR count). The first-order valence-corrected chi connectivity index (χ1v) is 6.20. The Morgan fingerprint density at radius 2 is 2.13 bits per heavy atom. The second kappa shape index (κ2) is 4.32. The molecule has 1 atom stereocenters. The van der Waals surface area contributed by atoms with Crippen molar-refractivity contribution < 1.29 is 5.11 Å². The Morgan fingerprint density at radius 1 is 1.47 bits per heavy atom. The minimum atomic E-state index is -0.103. The zero-order valence-electron chi connectivity index (χ0n) is 8.21. The summed E-state index contributed by atoms with van der Waals surface area (Å²) in [5.74, 6) is 0.708. The molecule has 0 heterocycles. The molecule has 1 aromatic carbocycles. The molecular formula is C11H13BrClNO. The first-order chi connectivity index (χ1) is 7.09. The molecule has 82 valence electrons. The number of aromatic hydroxyl groups is 1. The van der Waals surface area contributed by atoms with Gasteiger partial charge in [0.2, 0.25) is 0 Å². The van der Waals surface area contributed by atoms with Crippen LogP contribution in [0.2, 0.25) is 5.02 Å². The molecule has 15 heavy (non-hydrogen) atoms. The van der Waals surface area contributed by atoms with Crippen molar-refractivity contribution in [2.45, 2.75) is 25.3 Å². The third kappa shape index (κ3) is 2.14. The van der Waals surface area contributed by atoms with Crippen molar-refractivity contribution in [1.29, 1.82) is 0 Å². The minimum absolute atomic E-state index is 0.103. The molecule has 0 spiro atoms. The SMILES string of the molecule is N[C@@H](c1cc(Cl)cc(Br)c1O)C1CCC1. The number of hydrogen-bond donors (Lipinski definition) is 2. The van der Waals surface area contributed by atoms with Gasteiger partial charge in [-0.2, -0.15) is 0 Å². The fraction of sp³-hybridized carbons (Fsp3) is 0.455. The number of phenolic OH excluding ortho intramolecular Hbond substituents is 1. The largest absolute Gasteiger partial charge is 0.506 e. The van der Waals surface area contributed by atoms with E-state index in [-0.39, 0.29) is 11.8 Å². The predicted octanol–water partition coefficient (Wildman–Crippen LogP) is 3.61. The third-order valence-corrected chi connectivity index (χ3v) is 3.90. The molecule has 1 saturated carbocycles. The monoisotopic (exact) mass is 289 g/mol. The van der Waals surface area contributed by atoms with E-state index in [2.05, 4.69) is 15.9 Å². The molecular weight excluding hydrogens is 277 g/mol. The van der Waals surface area contributed by atoms with Gasteiger partial charge in [0.25, 0.3) is 0 Å². The number of benzene rings is 1. The van der Waals surface area contributed by atoms with E-state index in [1.807, 2.05) is 0 Å². The summed E-state index contributed by atoms with van der Waals surface area (Å²) in [5.41, 5.74) is 6.85. The highest BCUT2D eigenvalue weighted by molar-refractivity contribution is 9.10. The van der Waals surface area contributed by atoms with Crippen molar-refractivity contribution in [2.75, 3.05) is 0 Å². The standard InChI is InChI=1S/C11H13BrClNO/c12-9-5-7(13)4-8(11(9)15)10(14)6-2-1-3-6/h4-6,10,15H,1-3,14H2/t10-/m1/s1. The molecule has 0 saturated heterocycles. The molecule has 1 aliphatic carbocycles. The number of nitrogens with two attached hydrogens (primary N) is 1. The van der Waals surface area contributed by atoms with Gasteiger partial charge in [-0.1, -0.05) is 18.0 Å². The van der Waals surface area contributed by atoms with Crippen molar-refractivity contribution >= 4 is 27.5 Å². The van der Waals surface area contributed by atoms with Crippen LogP contribution in [0.1, 0.15) is 30.9 Å². The zero-order valence-corrected chi connectivity index (χ0v) is 10.6. The van der Waals surface area contributed by atoms with Crippen LogP contribution >= 0.6 is 27.5 Å². The second-order valence-corrected chi connectivity index (χ2v) is 5.33. The predicted molar refractivity (Wildman–Crippen MR) is 65.1 cm³/mol. The topological polar surface area (TPSA) is 46.2 Å². The summed E-state index contributed by atoms with van der Waals surface area (Å²) in [5, 5.41) is 10.5. The summed E-state index contributed by atoms with van der Waals surface area (Å²) in [6, 6.07) is 3.33. The molecule has 0 unspecified atom stereocenters. The van der Waals surface area contributed by atoms with Crippen molar-refractivity contribution in [2.24, 2.45) is 11.7 Å². The Balaban J connectivity index is 2.33. The summed E-state index contributed by atoms with van der Waals surface area (Å²) in [6.07, 6.45) is 3.52. The smallest absolute Gasteiger partial charge is 0.134 e. The highest BCUT2D eigenvalue weighted by Gasteiger charge is 2.28. The number of halogens is 2. The molecule has 0 radical (unpaired) electrons. The quantitative estimate of drug-likeness (QED) is 0.874. The van der Waals surface area contributed by atoms with Gasteiger partial charge in [-0.15, -0.1) is 0 Å². The molecule has 1 fully saturated rings. The lowest BCUT2D eigenvalue weighted by atomic mass is 9.77. The summed E-state index contributed by atoms with van der Waals surface area (Å²) >= 11 is 9.20. The van der Waals surface area contributed by atoms with Crippen molar-refractivity contribution in [1.82, 2.24) is 0 Å². The van der Waals surface area contributed by atoms with E-state index in [0.29, 0.717) is 15.4 Å². The Labute approximate surface area is 103 Å². The van der Waals surface area contributed by atoms with Crippen LogP contribution in [-0.2, 0) is 0 Å². The summed E-state index contributed by atoms with van der Waals surface area (Å²) in [4.78, 5) is 0. The Bertz CT molecular complexity index is 379. The summed E-state index contributed by atoms with van der Waals surface area (Å²) in [6.45, 7) is 0. The van der Waals surface area contributed by atoms with Crippen LogP contribution in [0.15, 0.2) is 16.6 Å². The van der Waals surface area contributed by atoms with Crippen LogP contribution < -0.4 is 5.73 Å². The maximum absolute atomic E-state index is 9.88. The average Bonchev–Trinajstić information content (AvgIpc) is 2.08. The van der Waals surface area contributed by atoms with E-state index < -0.39 is 0 Å². The molecule has 0 bridgehead atoms.